The van der Waals surface area contributed by atoms with Crippen LogP contribution in [0.1, 0.15) is 15.9 Å². The quantitative estimate of drug-likeness (QED) is 0.838. The van der Waals surface area contributed by atoms with Gasteiger partial charge in [-0.15, -0.1) is 0 Å². The van der Waals surface area contributed by atoms with Gasteiger partial charge in [0.15, 0.2) is 12.5 Å². The Bertz CT molecular complexity index is 806. The van der Waals surface area contributed by atoms with Crippen LogP contribution in [-0.4, -0.2) is 32.6 Å². The standard InChI is InChI=1S/C18H17F3N2O3/c1-25-17(26-2)15-22-14-9-4-3-8-13(14)16(24)23(15)12-7-5-6-11(10-12)18(19,20)21/h3-10,15,17,22H,1-2H3/t15-/m0/s1. The Kier molecular flexibility index (Phi) is 4.88. The molecule has 0 fully saturated rings. The Morgan fingerprint density at radius 3 is 2.42 bits per heavy atom. The molecule has 0 spiro atoms. The minimum absolute atomic E-state index is 0.0935. The van der Waals surface area contributed by atoms with Crippen molar-refractivity contribution in [3.8, 4) is 0 Å². The lowest BCUT2D eigenvalue weighted by atomic mass is 10.1. The van der Waals surface area contributed by atoms with Gasteiger partial charge in [0.1, 0.15) is 0 Å². The molecule has 3 rings (SSSR count). The average molecular weight is 366 g/mol. The monoisotopic (exact) mass is 366 g/mol. The van der Waals surface area contributed by atoms with Crippen molar-refractivity contribution in [3.63, 3.8) is 0 Å². The molecule has 2 aromatic rings. The van der Waals surface area contributed by atoms with Gasteiger partial charge in [-0.05, 0) is 30.3 Å². The zero-order valence-electron chi connectivity index (χ0n) is 14.1. The van der Waals surface area contributed by atoms with Crippen LogP contribution in [0.25, 0.3) is 0 Å². The van der Waals surface area contributed by atoms with E-state index in [1.54, 1.807) is 24.3 Å². The molecule has 26 heavy (non-hydrogen) atoms. The number of hydrogen-bond acceptors (Lipinski definition) is 4. The van der Waals surface area contributed by atoms with Crippen molar-refractivity contribution >= 4 is 17.3 Å². The number of nitrogens with zero attached hydrogens (tertiary/aromatic N) is 1. The summed E-state index contributed by atoms with van der Waals surface area (Å²) < 4.78 is 49.8. The summed E-state index contributed by atoms with van der Waals surface area (Å²) in [6.07, 6.45) is -6.24. The van der Waals surface area contributed by atoms with Crippen LogP contribution in [0.2, 0.25) is 0 Å². The highest BCUT2D eigenvalue weighted by molar-refractivity contribution is 6.12. The van der Waals surface area contributed by atoms with Crippen LogP contribution in [0.15, 0.2) is 48.5 Å². The van der Waals surface area contributed by atoms with Crippen molar-refractivity contribution in [2.24, 2.45) is 0 Å². The Morgan fingerprint density at radius 1 is 1.08 bits per heavy atom. The summed E-state index contributed by atoms with van der Waals surface area (Å²) in [6.45, 7) is 0. The molecule has 8 heteroatoms. The fourth-order valence-corrected chi connectivity index (χ4v) is 2.93. The van der Waals surface area contributed by atoms with E-state index in [0.717, 1.165) is 12.1 Å². The van der Waals surface area contributed by atoms with E-state index in [2.05, 4.69) is 5.32 Å². The molecule has 0 saturated heterocycles. The first-order valence-corrected chi connectivity index (χ1v) is 7.79. The fraction of sp³-hybridized carbons (Fsp3) is 0.278. The lowest BCUT2D eigenvalue weighted by molar-refractivity contribution is -0.137. The highest BCUT2D eigenvalue weighted by Crippen LogP contribution is 2.35. The van der Waals surface area contributed by atoms with E-state index in [1.165, 1.54) is 31.3 Å². The number of carbonyl (C=O) groups excluding carboxylic acids is 1. The Hall–Kier alpha value is -2.58. The molecule has 1 aliphatic rings. The van der Waals surface area contributed by atoms with Crippen LogP contribution in [0.4, 0.5) is 24.5 Å². The van der Waals surface area contributed by atoms with Gasteiger partial charge < -0.3 is 14.8 Å². The Labute approximate surface area is 148 Å². The highest BCUT2D eigenvalue weighted by Gasteiger charge is 2.39. The lowest BCUT2D eigenvalue weighted by Crippen LogP contribution is -2.56. The summed E-state index contributed by atoms with van der Waals surface area (Å²) >= 11 is 0. The van der Waals surface area contributed by atoms with E-state index >= 15 is 0 Å². The zero-order chi connectivity index (χ0) is 18.9. The minimum Gasteiger partial charge on any atom is -0.360 e. The highest BCUT2D eigenvalue weighted by atomic mass is 19.4. The molecule has 5 nitrogen and oxygen atoms in total. The first-order chi connectivity index (χ1) is 12.4. The summed E-state index contributed by atoms with van der Waals surface area (Å²) in [5, 5.41) is 3.11. The lowest BCUT2D eigenvalue weighted by Gasteiger charge is -2.40. The van der Waals surface area contributed by atoms with E-state index < -0.39 is 30.1 Å². The maximum absolute atomic E-state index is 13.1. The first-order valence-electron chi connectivity index (χ1n) is 7.79. The predicted molar refractivity (Wildman–Crippen MR) is 89.9 cm³/mol. The average Bonchev–Trinajstić information content (AvgIpc) is 2.62. The van der Waals surface area contributed by atoms with E-state index in [1.807, 2.05) is 0 Å². The number of halogens is 3. The van der Waals surface area contributed by atoms with Gasteiger partial charge in [0.05, 0.1) is 11.1 Å². The molecule has 138 valence electrons. The van der Waals surface area contributed by atoms with Crippen molar-refractivity contribution in [1.29, 1.82) is 0 Å². The van der Waals surface area contributed by atoms with Crippen LogP contribution < -0.4 is 10.2 Å². The largest absolute Gasteiger partial charge is 0.416 e. The van der Waals surface area contributed by atoms with Crippen LogP contribution in [-0.2, 0) is 15.7 Å². The third kappa shape index (κ3) is 3.25. The van der Waals surface area contributed by atoms with Gasteiger partial charge in [-0.1, -0.05) is 18.2 Å². The molecule has 0 aromatic heterocycles. The van der Waals surface area contributed by atoms with E-state index in [0.29, 0.717) is 11.3 Å². The second-order valence-electron chi connectivity index (χ2n) is 5.70. The molecule has 2 aromatic carbocycles. The number of para-hydroxylation sites is 1. The molecular weight excluding hydrogens is 349 g/mol. The second-order valence-corrected chi connectivity index (χ2v) is 5.70. The number of ether oxygens (including phenoxy) is 2. The van der Waals surface area contributed by atoms with Crippen molar-refractivity contribution in [1.82, 2.24) is 0 Å². The van der Waals surface area contributed by atoms with E-state index in [4.69, 9.17) is 9.47 Å². The van der Waals surface area contributed by atoms with Gasteiger partial charge in [-0.25, -0.2) is 0 Å². The number of rotatable bonds is 4. The van der Waals surface area contributed by atoms with Crippen LogP contribution in [0.3, 0.4) is 0 Å². The van der Waals surface area contributed by atoms with Crippen LogP contribution in [0, 0.1) is 0 Å². The molecule has 1 N–H and O–H groups in total. The molecule has 1 aliphatic heterocycles. The molecule has 0 unspecified atom stereocenters. The minimum atomic E-state index is -4.52. The predicted octanol–water partition coefficient (Wildman–Crippen LogP) is 3.72. The molecule has 0 bridgehead atoms. The summed E-state index contributed by atoms with van der Waals surface area (Å²) in [4.78, 5) is 14.2. The first kappa shape index (κ1) is 18.2. The maximum atomic E-state index is 13.1. The van der Waals surface area contributed by atoms with Crippen molar-refractivity contribution in [3.05, 3.63) is 59.7 Å². The number of nitrogens with one attached hydrogen (secondary N) is 1. The summed E-state index contributed by atoms with van der Waals surface area (Å²) in [7, 11) is 2.79. The van der Waals surface area contributed by atoms with Gasteiger partial charge >= 0.3 is 6.18 Å². The number of benzene rings is 2. The topological polar surface area (TPSA) is 50.8 Å². The Morgan fingerprint density at radius 2 is 1.77 bits per heavy atom. The fourth-order valence-electron chi connectivity index (χ4n) is 2.93. The Balaban J connectivity index is 2.11. The van der Waals surface area contributed by atoms with E-state index in [-0.39, 0.29) is 5.69 Å². The third-order valence-electron chi connectivity index (χ3n) is 4.13. The smallest absolute Gasteiger partial charge is 0.360 e. The molecule has 0 aliphatic carbocycles. The van der Waals surface area contributed by atoms with E-state index in [9.17, 15) is 18.0 Å². The van der Waals surface area contributed by atoms with Crippen LogP contribution in [0.5, 0.6) is 0 Å². The number of hydrogen-bond donors (Lipinski definition) is 1. The van der Waals surface area contributed by atoms with Gasteiger partial charge in [-0.3, -0.25) is 9.69 Å². The van der Waals surface area contributed by atoms with Crippen molar-refractivity contribution in [2.75, 3.05) is 24.4 Å². The van der Waals surface area contributed by atoms with Crippen molar-refractivity contribution in [2.45, 2.75) is 18.6 Å². The molecule has 0 saturated carbocycles. The number of carbonyl (C=O) groups is 1. The third-order valence-corrected chi connectivity index (χ3v) is 4.13. The second kappa shape index (κ2) is 6.97. The maximum Gasteiger partial charge on any atom is 0.416 e. The summed E-state index contributed by atoms with van der Waals surface area (Å²) in [5.41, 5.74) is 0.166. The van der Waals surface area contributed by atoms with Gasteiger partial charge in [-0.2, -0.15) is 13.2 Å². The van der Waals surface area contributed by atoms with Gasteiger partial charge in [0.25, 0.3) is 5.91 Å². The number of alkyl halides is 3. The molecular formula is C18H17F3N2O3. The van der Waals surface area contributed by atoms with Gasteiger partial charge in [0, 0.05) is 25.6 Å². The van der Waals surface area contributed by atoms with Crippen LogP contribution >= 0.6 is 0 Å². The van der Waals surface area contributed by atoms with Crippen molar-refractivity contribution < 1.29 is 27.4 Å². The summed E-state index contributed by atoms with van der Waals surface area (Å²) in [5.74, 6) is -0.442. The number of fused-ring (bicyclic) bond motifs is 1. The number of methoxy groups -OCH3 is 2. The number of anilines is 2. The molecule has 1 heterocycles. The normalized spacial score (nSPS) is 17.2. The van der Waals surface area contributed by atoms with Gasteiger partial charge in [0.2, 0.25) is 0 Å². The molecule has 0 radical (unpaired) electrons. The SMILES string of the molecule is COC(OC)[C@H]1Nc2ccccc2C(=O)N1c1cccc(C(F)(F)F)c1. The summed E-state index contributed by atoms with van der Waals surface area (Å²) in [6, 6.07) is 11.4. The zero-order valence-corrected chi connectivity index (χ0v) is 14.1. The molecule has 1 amide bonds. The molecule has 1 atom stereocenters. The number of amides is 1.